The largest absolute Gasteiger partial charge is 0.353 e. The topological polar surface area (TPSA) is 58.1 Å². The van der Waals surface area contributed by atoms with Gasteiger partial charge in [-0.2, -0.15) is 0 Å². The fourth-order valence-corrected chi connectivity index (χ4v) is 1.26. The van der Waals surface area contributed by atoms with Crippen molar-refractivity contribution in [1.29, 1.82) is 0 Å². The van der Waals surface area contributed by atoms with Crippen molar-refractivity contribution in [2.75, 3.05) is 24.5 Å². The lowest BCUT2D eigenvalue weighted by atomic mass is 10.4. The van der Waals surface area contributed by atoms with Crippen molar-refractivity contribution in [2.45, 2.75) is 0 Å². The van der Waals surface area contributed by atoms with Gasteiger partial charge in [0, 0.05) is 25.5 Å². The highest BCUT2D eigenvalue weighted by Crippen LogP contribution is 2.05. The Balaban J connectivity index is 2.13. The van der Waals surface area contributed by atoms with Crippen LogP contribution in [-0.2, 0) is 4.79 Å². The second-order valence-corrected chi connectivity index (χ2v) is 2.82. The summed E-state index contributed by atoms with van der Waals surface area (Å²) in [5, 5.41) is 2.75. The molecule has 0 radical (unpaired) electrons. The second-order valence-electron chi connectivity index (χ2n) is 2.82. The van der Waals surface area contributed by atoms with Crippen LogP contribution in [0.4, 0.5) is 5.95 Å². The van der Waals surface area contributed by atoms with E-state index < -0.39 is 0 Å². The van der Waals surface area contributed by atoms with Crippen LogP contribution in [0.15, 0.2) is 18.5 Å². The Morgan fingerprint density at radius 2 is 2.15 bits per heavy atom. The molecule has 2 rings (SSSR count). The van der Waals surface area contributed by atoms with Gasteiger partial charge in [0.15, 0.2) is 0 Å². The van der Waals surface area contributed by atoms with Crippen LogP contribution in [-0.4, -0.2) is 35.5 Å². The summed E-state index contributed by atoms with van der Waals surface area (Å²) in [6.45, 7) is 1.79. The molecule has 1 aromatic rings. The first-order valence-electron chi connectivity index (χ1n) is 4.15. The molecule has 5 heteroatoms. The number of anilines is 1. The fraction of sp³-hybridized carbons (Fsp3) is 0.375. The highest BCUT2D eigenvalue weighted by atomic mass is 16.2. The van der Waals surface area contributed by atoms with E-state index in [1.54, 1.807) is 18.5 Å². The third-order valence-corrected chi connectivity index (χ3v) is 1.87. The van der Waals surface area contributed by atoms with E-state index in [4.69, 9.17) is 0 Å². The molecule has 13 heavy (non-hydrogen) atoms. The average molecular weight is 178 g/mol. The second kappa shape index (κ2) is 3.38. The molecule has 0 aromatic carbocycles. The summed E-state index contributed by atoms with van der Waals surface area (Å²) in [6, 6.07) is 1.76. The maximum atomic E-state index is 11.0. The van der Waals surface area contributed by atoms with Gasteiger partial charge < -0.3 is 10.2 Å². The molecule has 68 valence electrons. The molecule has 1 aliphatic rings. The third-order valence-electron chi connectivity index (χ3n) is 1.87. The normalized spacial score (nSPS) is 16.9. The molecule has 1 aromatic heterocycles. The van der Waals surface area contributed by atoms with Crippen LogP contribution < -0.4 is 10.2 Å². The van der Waals surface area contributed by atoms with Gasteiger partial charge in [-0.15, -0.1) is 0 Å². The molecule has 1 fully saturated rings. The predicted molar refractivity (Wildman–Crippen MR) is 47.3 cm³/mol. The quantitative estimate of drug-likeness (QED) is 0.624. The van der Waals surface area contributed by atoms with Gasteiger partial charge in [-0.1, -0.05) is 0 Å². The molecule has 0 bridgehead atoms. The van der Waals surface area contributed by atoms with Crippen LogP contribution in [0.25, 0.3) is 0 Å². The van der Waals surface area contributed by atoms with Crippen molar-refractivity contribution in [3.8, 4) is 0 Å². The minimum atomic E-state index is 0.0266. The van der Waals surface area contributed by atoms with Crippen LogP contribution in [0.2, 0.25) is 0 Å². The molecule has 2 heterocycles. The summed E-state index contributed by atoms with van der Waals surface area (Å²) in [7, 11) is 0. The number of carbonyl (C=O) groups is 1. The van der Waals surface area contributed by atoms with Crippen molar-refractivity contribution in [3.05, 3.63) is 18.5 Å². The number of carbonyl (C=O) groups excluding carboxylic acids is 1. The van der Waals surface area contributed by atoms with Gasteiger partial charge in [0.05, 0.1) is 6.54 Å². The number of nitrogens with one attached hydrogen (secondary N) is 1. The highest BCUT2D eigenvalue weighted by Gasteiger charge is 2.17. The summed E-state index contributed by atoms with van der Waals surface area (Å²) in [5.74, 6) is 0.649. The SMILES string of the molecule is O=C1CN(c2ncccn2)CCN1. The van der Waals surface area contributed by atoms with Crippen LogP contribution in [0.3, 0.4) is 0 Å². The lowest BCUT2D eigenvalue weighted by Crippen LogP contribution is -2.48. The molecule has 0 aliphatic carbocycles. The van der Waals surface area contributed by atoms with Crippen LogP contribution >= 0.6 is 0 Å². The van der Waals surface area contributed by atoms with Crippen molar-refractivity contribution in [1.82, 2.24) is 15.3 Å². The first-order valence-corrected chi connectivity index (χ1v) is 4.15. The number of hydrogen-bond acceptors (Lipinski definition) is 4. The van der Waals surface area contributed by atoms with E-state index in [9.17, 15) is 4.79 Å². The average Bonchev–Trinajstić information content (AvgIpc) is 2.19. The third kappa shape index (κ3) is 1.74. The van der Waals surface area contributed by atoms with Crippen LogP contribution in [0, 0.1) is 0 Å². The van der Waals surface area contributed by atoms with E-state index in [1.165, 1.54) is 0 Å². The van der Waals surface area contributed by atoms with Crippen LogP contribution in [0.5, 0.6) is 0 Å². The Morgan fingerprint density at radius 3 is 2.85 bits per heavy atom. The molecule has 1 amide bonds. The molecule has 0 unspecified atom stereocenters. The summed E-state index contributed by atoms with van der Waals surface area (Å²) in [5.41, 5.74) is 0. The number of piperazine rings is 1. The molecule has 5 nitrogen and oxygen atoms in total. The summed E-state index contributed by atoms with van der Waals surface area (Å²) in [6.07, 6.45) is 3.35. The Bertz CT molecular complexity index is 300. The van der Waals surface area contributed by atoms with Crippen LogP contribution in [0.1, 0.15) is 0 Å². The zero-order valence-corrected chi connectivity index (χ0v) is 7.10. The molecule has 0 spiro atoms. The number of hydrogen-bond donors (Lipinski definition) is 1. The monoisotopic (exact) mass is 178 g/mol. The lowest BCUT2D eigenvalue weighted by molar-refractivity contribution is -0.120. The van der Waals surface area contributed by atoms with Gasteiger partial charge in [0.2, 0.25) is 11.9 Å². The van der Waals surface area contributed by atoms with E-state index in [0.29, 0.717) is 19.0 Å². The molecular weight excluding hydrogens is 168 g/mol. The van der Waals surface area contributed by atoms with E-state index in [0.717, 1.165) is 6.54 Å². The van der Waals surface area contributed by atoms with Gasteiger partial charge in [0.1, 0.15) is 0 Å². The molecule has 1 N–H and O–H groups in total. The lowest BCUT2D eigenvalue weighted by Gasteiger charge is -2.26. The van der Waals surface area contributed by atoms with Crippen molar-refractivity contribution in [2.24, 2.45) is 0 Å². The maximum Gasteiger partial charge on any atom is 0.239 e. The van der Waals surface area contributed by atoms with E-state index in [-0.39, 0.29) is 5.91 Å². The summed E-state index contributed by atoms with van der Waals surface area (Å²) >= 11 is 0. The minimum Gasteiger partial charge on any atom is -0.353 e. The molecule has 0 atom stereocenters. The summed E-state index contributed by atoms with van der Waals surface area (Å²) in [4.78, 5) is 21.0. The van der Waals surface area contributed by atoms with Gasteiger partial charge in [-0.25, -0.2) is 9.97 Å². The molecule has 0 saturated carbocycles. The molecule has 1 saturated heterocycles. The number of aromatic nitrogens is 2. The maximum absolute atomic E-state index is 11.0. The Kier molecular flexibility index (Phi) is 2.08. The standard InChI is InChI=1S/C8H10N4O/c13-7-6-12(5-4-9-7)8-10-2-1-3-11-8/h1-3H,4-6H2,(H,9,13). The molecular formula is C8H10N4O. The van der Waals surface area contributed by atoms with Gasteiger partial charge in [-0.3, -0.25) is 4.79 Å². The summed E-state index contributed by atoms with van der Waals surface area (Å²) < 4.78 is 0. The fourth-order valence-electron chi connectivity index (χ4n) is 1.26. The first kappa shape index (κ1) is 7.97. The number of rotatable bonds is 1. The van der Waals surface area contributed by atoms with Crippen molar-refractivity contribution >= 4 is 11.9 Å². The highest BCUT2D eigenvalue weighted by molar-refractivity contribution is 5.81. The van der Waals surface area contributed by atoms with E-state index >= 15 is 0 Å². The van der Waals surface area contributed by atoms with Crippen molar-refractivity contribution < 1.29 is 4.79 Å². The number of amides is 1. The Hall–Kier alpha value is -1.65. The molecule has 1 aliphatic heterocycles. The van der Waals surface area contributed by atoms with E-state index in [2.05, 4.69) is 15.3 Å². The predicted octanol–water partition coefficient (Wildman–Crippen LogP) is -0.587. The zero-order valence-electron chi connectivity index (χ0n) is 7.10. The minimum absolute atomic E-state index is 0.0266. The van der Waals surface area contributed by atoms with E-state index in [1.807, 2.05) is 4.90 Å². The first-order chi connectivity index (χ1) is 6.36. The van der Waals surface area contributed by atoms with Gasteiger partial charge in [0.25, 0.3) is 0 Å². The Labute approximate surface area is 75.8 Å². The van der Waals surface area contributed by atoms with Gasteiger partial charge >= 0.3 is 0 Å². The van der Waals surface area contributed by atoms with Crippen molar-refractivity contribution in [3.63, 3.8) is 0 Å². The van der Waals surface area contributed by atoms with Gasteiger partial charge in [-0.05, 0) is 6.07 Å². The zero-order chi connectivity index (χ0) is 9.10. The smallest absolute Gasteiger partial charge is 0.239 e. The number of nitrogens with zero attached hydrogens (tertiary/aromatic N) is 3. The Morgan fingerprint density at radius 1 is 1.38 bits per heavy atom.